The summed E-state index contributed by atoms with van der Waals surface area (Å²) < 4.78 is 0. The van der Waals surface area contributed by atoms with E-state index in [9.17, 15) is 4.79 Å². The molecule has 0 aliphatic carbocycles. The number of aliphatic imine (C=N–C) groups is 1. The van der Waals surface area contributed by atoms with Crippen LogP contribution in [0, 0.1) is 5.92 Å². The molecule has 1 saturated heterocycles. The van der Waals surface area contributed by atoms with E-state index in [0.29, 0.717) is 5.96 Å². The first-order chi connectivity index (χ1) is 10.6. The number of rotatable bonds is 2. The molecule has 1 aromatic rings. The van der Waals surface area contributed by atoms with Gasteiger partial charge in [0.05, 0.1) is 0 Å². The fourth-order valence-corrected chi connectivity index (χ4v) is 3.17. The number of fused-ring (bicyclic) bond motifs is 1. The molecule has 0 spiro atoms. The van der Waals surface area contributed by atoms with Crippen LogP contribution in [0.2, 0.25) is 0 Å². The number of carbonyl (C=O) groups excluding carboxylic acids is 1. The van der Waals surface area contributed by atoms with Gasteiger partial charge in [0.1, 0.15) is 6.54 Å². The average molecular weight is 300 g/mol. The number of likely N-dealkylation sites (tertiary alicyclic amines) is 1. The van der Waals surface area contributed by atoms with Crippen LogP contribution in [0.1, 0.15) is 25.3 Å². The average Bonchev–Trinajstić information content (AvgIpc) is 2.97. The molecule has 3 rings (SSSR count). The molecule has 0 atom stereocenters. The van der Waals surface area contributed by atoms with Gasteiger partial charge in [0.15, 0.2) is 5.96 Å². The summed E-state index contributed by atoms with van der Waals surface area (Å²) in [7, 11) is 0. The number of anilines is 1. The molecule has 5 heteroatoms. The van der Waals surface area contributed by atoms with Crippen LogP contribution in [0.3, 0.4) is 0 Å². The van der Waals surface area contributed by atoms with E-state index < -0.39 is 0 Å². The fraction of sp³-hybridized carbons (Fsp3) is 0.529. The van der Waals surface area contributed by atoms with E-state index in [0.717, 1.165) is 50.5 Å². The standard InChI is InChI=1S/C17H24N4O/c1-13-6-9-20(10-7-13)17(18)19-12-16(22)21-11-8-14-4-2-3-5-15(14)21/h2-5,13H,6-12H2,1H3,(H2,18,19). The molecule has 1 amide bonds. The van der Waals surface area contributed by atoms with Gasteiger partial charge in [-0.05, 0) is 36.8 Å². The van der Waals surface area contributed by atoms with Crippen molar-refractivity contribution in [3.05, 3.63) is 29.8 Å². The van der Waals surface area contributed by atoms with E-state index in [4.69, 9.17) is 5.73 Å². The highest BCUT2D eigenvalue weighted by Crippen LogP contribution is 2.27. The third kappa shape index (κ3) is 3.08. The lowest BCUT2D eigenvalue weighted by atomic mass is 10.00. The quantitative estimate of drug-likeness (QED) is 0.667. The molecule has 1 aromatic carbocycles. The summed E-state index contributed by atoms with van der Waals surface area (Å²) in [6.07, 6.45) is 3.21. The lowest BCUT2D eigenvalue weighted by Gasteiger charge is -2.31. The first-order valence-corrected chi connectivity index (χ1v) is 8.08. The molecule has 0 radical (unpaired) electrons. The van der Waals surface area contributed by atoms with Crippen molar-refractivity contribution in [2.24, 2.45) is 16.6 Å². The number of carbonyl (C=O) groups is 1. The molecule has 5 nitrogen and oxygen atoms in total. The van der Waals surface area contributed by atoms with Gasteiger partial charge in [-0.25, -0.2) is 4.99 Å². The number of hydrogen-bond acceptors (Lipinski definition) is 2. The predicted octanol–water partition coefficient (Wildman–Crippen LogP) is 1.62. The van der Waals surface area contributed by atoms with Gasteiger partial charge in [-0.1, -0.05) is 25.1 Å². The van der Waals surface area contributed by atoms with Crippen molar-refractivity contribution in [2.75, 3.05) is 31.1 Å². The van der Waals surface area contributed by atoms with Crippen LogP contribution in [0.5, 0.6) is 0 Å². The summed E-state index contributed by atoms with van der Waals surface area (Å²) in [6, 6.07) is 8.06. The van der Waals surface area contributed by atoms with E-state index >= 15 is 0 Å². The lowest BCUT2D eigenvalue weighted by molar-refractivity contribution is -0.117. The van der Waals surface area contributed by atoms with Gasteiger partial charge in [-0.2, -0.15) is 0 Å². The molecule has 2 N–H and O–H groups in total. The zero-order valence-electron chi connectivity index (χ0n) is 13.2. The molecule has 2 aliphatic rings. The van der Waals surface area contributed by atoms with Crippen LogP contribution < -0.4 is 10.6 Å². The predicted molar refractivity (Wildman–Crippen MR) is 89.0 cm³/mol. The molecular weight excluding hydrogens is 276 g/mol. The minimum absolute atomic E-state index is 0.0262. The van der Waals surface area contributed by atoms with Crippen molar-refractivity contribution in [3.63, 3.8) is 0 Å². The summed E-state index contributed by atoms with van der Waals surface area (Å²) in [4.78, 5) is 20.6. The van der Waals surface area contributed by atoms with Gasteiger partial charge in [0.25, 0.3) is 0 Å². The second-order valence-electron chi connectivity index (χ2n) is 6.27. The summed E-state index contributed by atoms with van der Waals surface area (Å²) in [5.74, 6) is 1.29. The van der Waals surface area contributed by atoms with E-state index in [2.05, 4.69) is 22.9 Å². The second kappa shape index (κ2) is 6.38. The Balaban J connectivity index is 1.59. The van der Waals surface area contributed by atoms with Gasteiger partial charge in [-0.15, -0.1) is 0 Å². The minimum Gasteiger partial charge on any atom is -0.370 e. The lowest BCUT2D eigenvalue weighted by Crippen LogP contribution is -2.43. The number of piperidine rings is 1. The largest absolute Gasteiger partial charge is 0.370 e. The maximum Gasteiger partial charge on any atom is 0.248 e. The Kier molecular flexibility index (Phi) is 4.32. The molecule has 0 saturated carbocycles. The van der Waals surface area contributed by atoms with Crippen molar-refractivity contribution in [2.45, 2.75) is 26.2 Å². The Hall–Kier alpha value is -2.04. The Labute approximate surface area is 131 Å². The third-order valence-corrected chi connectivity index (χ3v) is 4.67. The Morgan fingerprint density at radius 1 is 1.27 bits per heavy atom. The first-order valence-electron chi connectivity index (χ1n) is 8.08. The number of hydrogen-bond donors (Lipinski definition) is 1. The topological polar surface area (TPSA) is 61.9 Å². The maximum absolute atomic E-state index is 12.4. The van der Waals surface area contributed by atoms with Crippen LogP contribution in [-0.4, -0.2) is 42.9 Å². The van der Waals surface area contributed by atoms with Crippen LogP contribution in [0.15, 0.2) is 29.3 Å². The fourth-order valence-electron chi connectivity index (χ4n) is 3.17. The smallest absolute Gasteiger partial charge is 0.248 e. The van der Waals surface area contributed by atoms with Gasteiger partial charge >= 0.3 is 0 Å². The number of guanidine groups is 1. The van der Waals surface area contributed by atoms with Gasteiger partial charge in [-0.3, -0.25) is 4.79 Å². The zero-order valence-corrected chi connectivity index (χ0v) is 13.2. The van der Waals surface area contributed by atoms with E-state index in [1.54, 1.807) is 0 Å². The molecule has 118 valence electrons. The van der Waals surface area contributed by atoms with E-state index in [1.807, 2.05) is 23.1 Å². The molecule has 2 heterocycles. The molecule has 0 aromatic heterocycles. The van der Waals surface area contributed by atoms with Crippen molar-refractivity contribution in [1.29, 1.82) is 0 Å². The Bertz CT molecular complexity index is 576. The molecule has 1 fully saturated rings. The van der Waals surface area contributed by atoms with Crippen molar-refractivity contribution in [1.82, 2.24) is 4.90 Å². The maximum atomic E-state index is 12.4. The SMILES string of the molecule is CC1CCN(C(N)=NCC(=O)N2CCc3ccccc32)CC1. The minimum atomic E-state index is 0.0262. The van der Waals surface area contributed by atoms with Crippen molar-refractivity contribution < 1.29 is 4.79 Å². The van der Waals surface area contributed by atoms with E-state index in [1.165, 1.54) is 5.56 Å². The summed E-state index contributed by atoms with van der Waals surface area (Å²) in [5, 5.41) is 0. The second-order valence-corrected chi connectivity index (χ2v) is 6.27. The van der Waals surface area contributed by atoms with E-state index in [-0.39, 0.29) is 12.5 Å². The summed E-state index contributed by atoms with van der Waals surface area (Å²) >= 11 is 0. The Morgan fingerprint density at radius 2 is 2.00 bits per heavy atom. The highest BCUT2D eigenvalue weighted by atomic mass is 16.2. The molecule has 0 unspecified atom stereocenters. The molecule has 0 bridgehead atoms. The molecule has 22 heavy (non-hydrogen) atoms. The van der Waals surface area contributed by atoms with Crippen LogP contribution >= 0.6 is 0 Å². The van der Waals surface area contributed by atoms with Crippen molar-refractivity contribution in [3.8, 4) is 0 Å². The highest BCUT2D eigenvalue weighted by molar-refractivity contribution is 5.97. The van der Waals surface area contributed by atoms with Gasteiger partial charge < -0.3 is 15.5 Å². The summed E-state index contributed by atoms with van der Waals surface area (Å²) in [5.41, 5.74) is 8.30. The number of benzene rings is 1. The van der Waals surface area contributed by atoms with Crippen molar-refractivity contribution >= 4 is 17.6 Å². The normalized spacial score (nSPS) is 19.4. The first kappa shape index (κ1) is 14.9. The number of amides is 1. The van der Waals surface area contributed by atoms with Crippen LogP contribution in [0.4, 0.5) is 5.69 Å². The Morgan fingerprint density at radius 3 is 2.77 bits per heavy atom. The third-order valence-electron chi connectivity index (χ3n) is 4.67. The number of nitrogens with two attached hydrogens (primary N) is 1. The van der Waals surface area contributed by atoms with Crippen LogP contribution in [0.25, 0.3) is 0 Å². The molecule has 2 aliphatic heterocycles. The summed E-state index contributed by atoms with van der Waals surface area (Å²) in [6.45, 7) is 5.02. The zero-order chi connectivity index (χ0) is 15.5. The molecular formula is C17H24N4O. The van der Waals surface area contributed by atoms with Crippen LogP contribution in [-0.2, 0) is 11.2 Å². The number of nitrogens with zero attached hydrogens (tertiary/aromatic N) is 3. The van der Waals surface area contributed by atoms with Gasteiger partial charge in [0, 0.05) is 25.3 Å². The number of para-hydroxylation sites is 1. The van der Waals surface area contributed by atoms with Gasteiger partial charge in [0.2, 0.25) is 5.91 Å². The highest BCUT2D eigenvalue weighted by Gasteiger charge is 2.24. The monoisotopic (exact) mass is 300 g/mol.